The lowest BCUT2D eigenvalue weighted by Crippen LogP contribution is -2.23. The van der Waals surface area contributed by atoms with Crippen molar-refractivity contribution in [3.8, 4) is 11.4 Å². The highest BCUT2D eigenvalue weighted by Gasteiger charge is 2.19. The Kier molecular flexibility index (Phi) is 6.27. The molecular formula is C26H23N5O2S2. The van der Waals surface area contributed by atoms with Crippen LogP contribution in [0.25, 0.3) is 21.6 Å². The molecular weight excluding hydrogens is 478 g/mol. The fourth-order valence-corrected chi connectivity index (χ4v) is 5.72. The van der Waals surface area contributed by atoms with Crippen molar-refractivity contribution in [2.45, 2.75) is 25.9 Å². The van der Waals surface area contributed by atoms with Crippen molar-refractivity contribution in [2.24, 2.45) is 0 Å². The number of fused-ring (bicyclic) bond motifs is 1. The van der Waals surface area contributed by atoms with Crippen molar-refractivity contribution in [1.29, 1.82) is 0 Å². The number of rotatable bonds is 6. The molecule has 0 spiro atoms. The molecule has 0 aliphatic heterocycles. The third-order valence-corrected chi connectivity index (χ3v) is 7.66. The summed E-state index contributed by atoms with van der Waals surface area (Å²) in [6.07, 6.45) is 0. The number of nitrogens with zero attached hydrogens (tertiary/aromatic N) is 4. The number of aryl methyl sites for hydroxylation is 3. The van der Waals surface area contributed by atoms with Gasteiger partial charge in [-0.05, 0) is 50.6 Å². The molecule has 0 atom stereocenters. The lowest BCUT2D eigenvalue weighted by molar-refractivity contribution is -0.113. The molecule has 1 amide bonds. The zero-order valence-corrected chi connectivity index (χ0v) is 21.1. The summed E-state index contributed by atoms with van der Waals surface area (Å²) in [6.45, 7) is 5.82. The van der Waals surface area contributed by atoms with Gasteiger partial charge in [-0.15, -0.1) is 11.3 Å². The first-order chi connectivity index (χ1) is 16.9. The van der Waals surface area contributed by atoms with Gasteiger partial charge in [0.1, 0.15) is 10.6 Å². The number of amides is 1. The van der Waals surface area contributed by atoms with Crippen LogP contribution in [0.5, 0.6) is 0 Å². The van der Waals surface area contributed by atoms with Crippen molar-refractivity contribution in [3.05, 3.63) is 93.2 Å². The van der Waals surface area contributed by atoms with E-state index in [2.05, 4.69) is 10.4 Å². The molecule has 35 heavy (non-hydrogen) atoms. The van der Waals surface area contributed by atoms with Crippen LogP contribution in [-0.2, 0) is 4.79 Å². The number of aromatic nitrogens is 4. The summed E-state index contributed by atoms with van der Waals surface area (Å²) < 4.78 is 3.30. The highest BCUT2D eigenvalue weighted by Crippen LogP contribution is 2.29. The maximum absolute atomic E-state index is 13.5. The Morgan fingerprint density at radius 3 is 2.34 bits per heavy atom. The second kappa shape index (κ2) is 9.52. The summed E-state index contributed by atoms with van der Waals surface area (Å²) in [6, 6.07) is 20.9. The van der Waals surface area contributed by atoms with Crippen LogP contribution in [0.4, 0.5) is 5.82 Å². The minimum atomic E-state index is -0.209. The van der Waals surface area contributed by atoms with Gasteiger partial charge in [0.2, 0.25) is 5.91 Å². The molecule has 0 radical (unpaired) electrons. The van der Waals surface area contributed by atoms with Gasteiger partial charge in [0.15, 0.2) is 5.16 Å². The van der Waals surface area contributed by atoms with Gasteiger partial charge in [0.05, 0.1) is 28.2 Å². The fourth-order valence-electron chi connectivity index (χ4n) is 3.84. The van der Waals surface area contributed by atoms with Crippen molar-refractivity contribution in [1.82, 2.24) is 19.3 Å². The number of hydrogen-bond donors (Lipinski definition) is 1. The van der Waals surface area contributed by atoms with E-state index in [1.807, 2.05) is 87.5 Å². The Bertz CT molecular complexity index is 1590. The van der Waals surface area contributed by atoms with Gasteiger partial charge in [0, 0.05) is 10.9 Å². The molecule has 3 heterocycles. The van der Waals surface area contributed by atoms with E-state index < -0.39 is 0 Å². The average Bonchev–Trinajstić information content (AvgIpc) is 3.37. The van der Waals surface area contributed by atoms with E-state index in [0.717, 1.165) is 27.5 Å². The molecule has 176 valence electrons. The van der Waals surface area contributed by atoms with Crippen LogP contribution in [0, 0.1) is 20.8 Å². The molecule has 0 saturated carbocycles. The minimum Gasteiger partial charge on any atom is -0.310 e. The lowest BCUT2D eigenvalue weighted by atomic mass is 10.2. The van der Waals surface area contributed by atoms with E-state index in [1.54, 1.807) is 9.25 Å². The normalized spacial score (nSPS) is 11.2. The quantitative estimate of drug-likeness (QED) is 0.253. The third kappa shape index (κ3) is 4.52. The number of anilines is 1. The topological polar surface area (TPSA) is 81.8 Å². The van der Waals surface area contributed by atoms with Crippen LogP contribution >= 0.6 is 23.1 Å². The van der Waals surface area contributed by atoms with Crippen molar-refractivity contribution < 1.29 is 4.79 Å². The molecule has 0 saturated heterocycles. The predicted octanol–water partition coefficient (Wildman–Crippen LogP) is 5.29. The predicted molar refractivity (Wildman–Crippen MR) is 142 cm³/mol. The Morgan fingerprint density at radius 1 is 1.00 bits per heavy atom. The highest BCUT2D eigenvalue weighted by atomic mass is 32.2. The van der Waals surface area contributed by atoms with E-state index in [4.69, 9.17) is 4.98 Å². The smallest absolute Gasteiger partial charge is 0.267 e. The number of thiophene rings is 1. The van der Waals surface area contributed by atoms with Gasteiger partial charge in [-0.25, -0.2) is 9.67 Å². The summed E-state index contributed by atoms with van der Waals surface area (Å²) in [5, 5.41) is 8.57. The zero-order chi connectivity index (χ0) is 24.5. The van der Waals surface area contributed by atoms with Crippen LogP contribution in [0.15, 0.2) is 76.7 Å². The summed E-state index contributed by atoms with van der Waals surface area (Å²) in [5.74, 6) is 0.472. The monoisotopic (exact) mass is 501 g/mol. The van der Waals surface area contributed by atoms with E-state index in [9.17, 15) is 9.59 Å². The van der Waals surface area contributed by atoms with E-state index >= 15 is 0 Å². The number of nitrogens with one attached hydrogen (secondary N) is 1. The number of thioether (sulfide) groups is 1. The summed E-state index contributed by atoms with van der Waals surface area (Å²) in [4.78, 5) is 33.0. The van der Waals surface area contributed by atoms with Gasteiger partial charge in [0.25, 0.3) is 5.56 Å². The first-order valence-corrected chi connectivity index (χ1v) is 12.9. The molecule has 0 unspecified atom stereocenters. The number of carbonyl (C=O) groups is 1. The SMILES string of the molecule is Cc1cc(NC(=O)CSc2nc3sc(C)c(C)c3c(=O)n2-c2ccccc2)n(-c2ccccc2)n1. The van der Waals surface area contributed by atoms with Crippen LogP contribution in [0.1, 0.15) is 16.1 Å². The molecule has 0 aliphatic rings. The molecule has 9 heteroatoms. The van der Waals surface area contributed by atoms with Gasteiger partial charge in [-0.3, -0.25) is 14.2 Å². The molecule has 5 aromatic rings. The summed E-state index contributed by atoms with van der Waals surface area (Å²) in [5.41, 5.74) is 3.20. The van der Waals surface area contributed by atoms with Crippen LogP contribution < -0.4 is 10.9 Å². The fraction of sp³-hybridized carbons (Fsp3) is 0.154. The lowest BCUT2D eigenvalue weighted by Gasteiger charge is -2.13. The first kappa shape index (κ1) is 23.1. The maximum Gasteiger partial charge on any atom is 0.267 e. The molecule has 5 rings (SSSR count). The van der Waals surface area contributed by atoms with Crippen LogP contribution in [-0.4, -0.2) is 31.0 Å². The van der Waals surface area contributed by atoms with E-state index in [0.29, 0.717) is 21.2 Å². The molecule has 1 N–H and O–H groups in total. The van der Waals surface area contributed by atoms with E-state index in [1.165, 1.54) is 23.1 Å². The number of hydrogen-bond acceptors (Lipinski definition) is 6. The highest BCUT2D eigenvalue weighted by molar-refractivity contribution is 7.99. The van der Waals surface area contributed by atoms with Gasteiger partial charge in [-0.1, -0.05) is 48.2 Å². The maximum atomic E-state index is 13.5. The molecule has 7 nitrogen and oxygen atoms in total. The minimum absolute atomic E-state index is 0.0904. The summed E-state index contributed by atoms with van der Waals surface area (Å²) in [7, 11) is 0. The number of para-hydroxylation sites is 2. The number of carbonyl (C=O) groups excluding carboxylic acids is 1. The average molecular weight is 502 g/mol. The first-order valence-electron chi connectivity index (χ1n) is 11.1. The van der Waals surface area contributed by atoms with Crippen molar-refractivity contribution >= 4 is 45.0 Å². The summed E-state index contributed by atoms with van der Waals surface area (Å²) >= 11 is 2.74. The third-order valence-electron chi connectivity index (χ3n) is 5.62. The Balaban J connectivity index is 1.45. The van der Waals surface area contributed by atoms with E-state index in [-0.39, 0.29) is 17.2 Å². The largest absolute Gasteiger partial charge is 0.310 e. The number of benzene rings is 2. The van der Waals surface area contributed by atoms with Crippen LogP contribution in [0.3, 0.4) is 0 Å². The van der Waals surface area contributed by atoms with Gasteiger partial charge in [-0.2, -0.15) is 5.10 Å². The molecule has 3 aromatic heterocycles. The molecule has 0 aliphatic carbocycles. The second-order valence-electron chi connectivity index (χ2n) is 8.09. The van der Waals surface area contributed by atoms with Gasteiger partial charge >= 0.3 is 0 Å². The zero-order valence-electron chi connectivity index (χ0n) is 19.5. The van der Waals surface area contributed by atoms with Crippen molar-refractivity contribution in [2.75, 3.05) is 11.1 Å². The van der Waals surface area contributed by atoms with Crippen molar-refractivity contribution in [3.63, 3.8) is 0 Å². The second-order valence-corrected chi connectivity index (χ2v) is 10.2. The standard InChI is InChI=1S/C26H23N5O2S2/c1-16-14-21(31(29-16)20-12-8-5-9-13-20)27-22(32)15-34-26-28-24-23(17(2)18(3)35-24)25(33)30(26)19-10-6-4-7-11-19/h4-14H,15H2,1-3H3,(H,27,32). The van der Waals surface area contributed by atoms with Gasteiger partial charge < -0.3 is 5.32 Å². The Labute approximate surface area is 210 Å². The molecule has 0 bridgehead atoms. The molecule has 0 fully saturated rings. The van der Waals surface area contributed by atoms with Crippen LogP contribution in [0.2, 0.25) is 0 Å². The molecule has 2 aromatic carbocycles. The Morgan fingerprint density at radius 2 is 1.66 bits per heavy atom. The Hall–Kier alpha value is -3.69.